The zero-order chi connectivity index (χ0) is 13.1. The molecule has 2 aliphatic rings. The summed E-state index contributed by atoms with van der Waals surface area (Å²) in [6, 6.07) is 4.86. The molecule has 5 nitrogen and oxygen atoms in total. The van der Waals surface area contributed by atoms with Crippen LogP contribution < -0.4 is 15.4 Å². The Morgan fingerprint density at radius 3 is 2.68 bits per heavy atom. The van der Waals surface area contributed by atoms with Gasteiger partial charge in [0.25, 0.3) is 5.91 Å². The van der Waals surface area contributed by atoms with Crippen LogP contribution in [-0.4, -0.2) is 29.6 Å². The third kappa shape index (κ3) is 4.21. The third-order valence-corrected chi connectivity index (χ3v) is 3.26. The standard InChI is InChI=1S/C14H19N3O2/c18-14(17-11-3-4-11)9-19-13-6-5-12(16-8-13)7-15-10-1-2-10/h5-6,8,10-11,15H,1-4,7,9H2,(H,17,18). The highest BCUT2D eigenvalue weighted by Gasteiger charge is 2.23. The van der Waals surface area contributed by atoms with Gasteiger partial charge >= 0.3 is 0 Å². The lowest BCUT2D eigenvalue weighted by molar-refractivity contribution is -0.123. The molecule has 102 valence electrons. The molecule has 1 heterocycles. The summed E-state index contributed by atoms with van der Waals surface area (Å²) in [5, 5.41) is 6.28. The van der Waals surface area contributed by atoms with E-state index in [-0.39, 0.29) is 12.5 Å². The van der Waals surface area contributed by atoms with Crippen molar-refractivity contribution in [3.63, 3.8) is 0 Å². The van der Waals surface area contributed by atoms with E-state index < -0.39 is 0 Å². The molecule has 5 heteroatoms. The minimum Gasteiger partial charge on any atom is -0.482 e. The first-order chi connectivity index (χ1) is 9.29. The molecule has 1 aromatic rings. The molecule has 0 aliphatic heterocycles. The van der Waals surface area contributed by atoms with Crippen molar-refractivity contribution in [2.75, 3.05) is 6.61 Å². The summed E-state index contributed by atoms with van der Waals surface area (Å²) >= 11 is 0. The van der Waals surface area contributed by atoms with Gasteiger partial charge in [-0.25, -0.2) is 0 Å². The Bertz CT molecular complexity index is 439. The number of hydrogen-bond acceptors (Lipinski definition) is 4. The number of carbonyl (C=O) groups excluding carboxylic acids is 1. The average molecular weight is 261 g/mol. The quantitative estimate of drug-likeness (QED) is 0.768. The highest BCUT2D eigenvalue weighted by molar-refractivity contribution is 5.78. The molecule has 0 radical (unpaired) electrons. The molecule has 2 fully saturated rings. The van der Waals surface area contributed by atoms with Gasteiger partial charge in [-0.2, -0.15) is 0 Å². The van der Waals surface area contributed by atoms with Crippen molar-refractivity contribution in [1.29, 1.82) is 0 Å². The second-order valence-electron chi connectivity index (χ2n) is 5.27. The Morgan fingerprint density at radius 2 is 2.05 bits per heavy atom. The van der Waals surface area contributed by atoms with Crippen LogP contribution in [0.3, 0.4) is 0 Å². The maximum Gasteiger partial charge on any atom is 0.258 e. The highest BCUT2D eigenvalue weighted by Crippen LogP contribution is 2.19. The van der Waals surface area contributed by atoms with Gasteiger partial charge < -0.3 is 15.4 Å². The maximum atomic E-state index is 11.5. The van der Waals surface area contributed by atoms with Crippen LogP contribution in [0.4, 0.5) is 0 Å². The predicted molar refractivity (Wildman–Crippen MR) is 70.8 cm³/mol. The fourth-order valence-electron chi connectivity index (χ4n) is 1.78. The number of amides is 1. The van der Waals surface area contributed by atoms with Crippen LogP contribution >= 0.6 is 0 Å². The van der Waals surface area contributed by atoms with Gasteiger partial charge in [-0.1, -0.05) is 0 Å². The lowest BCUT2D eigenvalue weighted by atomic mass is 10.3. The van der Waals surface area contributed by atoms with Crippen molar-refractivity contribution < 1.29 is 9.53 Å². The van der Waals surface area contributed by atoms with Crippen LogP contribution in [0.5, 0.6) is 5.75 Å². The molecule has 0 unspecified atom stereocenters. The third-order valence-electron chi connectivity index (χ3n) is 3.26. The number of carbonyl (C=O) groups is 1. The monoisotopic (exact) mass is 261 g/mol. The van der Waals surface area contributed by atoms with E-state index in [0.29, 0.717) is 17.8 Å². The van der Waals surface area contributed by atoms with Crippen LogP contribution in [0.2, 0.25) is 0 Å². The summed E-state index contributed by atoms with van der Waals surface area (Å²) in [4.78, 5) is 15.8. The normalized spacial score (nSPS) is 18.1. The van der Waals surface area contributed by atoms with Gasteiger partial charge in [0.15, 0.2) is 6.61 Å². The minimum absolute atomic E-state index is 0.0537. The summed E-state index contributed by atoms with van der Waals surface area (Å²) in [5.41, 5.74) is 1.00. The van der Waals surface area contributed by atoms with Crippen LogP contribution in [0, 0.1) is 0 Å². The van der Waals surface area contributed by atoms with Gasteiger partial charge in [0.1, 0.15) is 5.75 Å². The van der Waals surface area contributed by atoms with Gasteiger partial charge in [-0.05, 0) is 37.8 Å². The second-order valence-corrected chi connectivity index (χ2v) is 5.27. The van der Waals surface area contributed by atoms with E-state index >= 15 is 0 Å². The number of nitrogens with zero attached hydrogens (tertiary/aromatic N) is 1. The number of rotatable bonds is 7. The van der Waals surface area contributed by atoms with Crippen molar-refractivity contribution in [1.82, 2.24) is 15.6 Å². The summed E-state index contributed by atoms with van der Waals surface area (Å²) in [7, 11) is 0. The molecule has 3 rings (SSSR count). The minimum atomic E-state index is -0.0537. The van der Waals surface area contributed by atoms with Crippen LogP contribution in [-0.2, 0) is 11.3 Å². The van der Waals surface area contributed by atoms with Gasteiger partial charge in [0, 0.05) is 18.6 Å². The summed E-state index contributed by atoms with van der Waals surface area (Å²) in [6.45, 7) is 0.866. The molecule has 2 saturated carbocycles. The molecule has 1 amide bonds. The molecule has 1 aromatic heterocycles. The Balaban J connectivity index is 1.40. The van der Waals surface area contributed by atoms with E-state index in [1.54, 1.807) is 6.20 Å². The van der Waals surface area contributed by atoms with E-state index in [0.717, 1.165) is 25.1 Å². The first-order valence-corrected chi connectivity index (χ1v) is 6.90. The second kappa shape index (κ2) is 5.57. The molecule has 0 atom stereocenters. The first kappa shape index (κ1) is 12.4. The highest BCUT2D eigenvalue weighted by atomic mass is 16.5. The predicted octanol–water partition coefficient (Wildman–Crippen LogP) is 0.991. The largest absolute Gasteiger partial charge is 0.482 e. The van der Waals surface area contributed by atoms with Crippen molar-refractivity contribution in [2.45, 2.75) is 44.3 Å². The van der Waals surface area contributed by atoms with Crippen LogP contribution in [0.15, 0.2) is 18.3 Å². The fourth-order valence-corrected chi connectivity index (χ4v) is 1.78. The topological polar surface area (TPSA) is 63.2 Å². The molecule has 0 bridgehead atoms. The Labute approximate surface area is 112 Å². The Morgan fingerprint density at radius 1 is 1.26 bits per heavy atom. The average Bonchev–Trinajstić information content (AvgIpc) is 3.30. The zero-order valence-electron chi connectivity index (χ0n) is 10.9. The molecular weight excluding hydrogens is 242 g/mol. The fraction of sp³-hybridized carbons (Fsp3) is 0.571. The number of hydrogen-bond donors (Lipinski definition) is 2. The lowest BCUT2D eigenvalue weighted by Crippen LogP contribution is -2.30. The smallest absolute Gasteiger partial charge is 0.258 e. The molecule has 0 spiro atoms. The molecule has 2 aliphatic carbocycles. The van der Waals surface area contributed by atoms with E-state index in [1.165, 1.54) is 12.8 Å². The van der Waals surface area contributed by atoms with Crippen molar-refractivity contribution >= 4 is 5.91 Å². The van der Waals surface area contributed by atoms with Gasteiger partial charge in [0.05, 0.1) is 11.9 Å². The first-order valence-electron chi connectivity index (χ1n) is 6.90. The molecular formula is C14H19N3O2. The number of nitrogens with one attached hydrogen (secondary N) is 2. The van der Waals surface area contributed by atoms with E-state index in [2.05, 4.69) is 15.6 Å². The van der Waals surface area contributed by atoms with Crippen molar-refractivity contribution in [2.24, 2.45) is 0 Å². The van der Waals surface area contributed by atoms with Gasteiger partial charge in [0.2, 0.25) is 0 Å². The molecule has 0 saturated heterocycles. The summed E-state index contributed by atoms with van der Waals surface area (Å²) < 4.78 is 5.39. The lowest BCUT2D eigenvalue weighted by Gasteiger charge is -2.07. The summed E-state index contributed by atoms with van der Waals surface area (Å²) in [5.74, 6) is 0.586. The molecule has 0 aromatic carbocycles. The molecule has 2 N–H and O–H groups in total. The number of ether oxygens (including phenoxy) is 1. The Kier molecular flexibility index (Phi) is 3.64. The van der Waals surface area contributed by atoms with Crippen LogP contribution in [0.1, 0.15) is 31.4 Å². The van der Waals surface area contributed by atoms with Crippen molar-refractivity contribution in [3.05, 3.63) is 24.0 Å². The molecule has 19 heavy (non-hydrogen) atoms. The van der Waals surface area contributed by atoms with E-state index in [9.17, 15) is 4.79 Å². The van der Waals surface area contributed by atoms with Gasteiger partial charge in [-0.3, -0.25) is 9.78 Å². The van der Waals surface area contributed by atoms with E-state index in [4.69, 9.17) is 4.74 Å². The Hall–Kier alpha value is -1.62. The maximum absolute atomic E-state index is 11.5. The van der Waals surface area contributed by atoms with Gasteiger partial charge in [-0.15, -0.1) is 0 Å². The summed E-state index contributed by atoms with van der Waals surface area (Å²) in [6.07, 6.45) is 6.41. The SMILES string of the molecule is O=C(COc1ccc(CNC2CC2)nc1)NC1CC1. The zero-order valence-corrected chi connectivity index (χ0v) is 10.9. The number of aromatic nitrogens is 1. The van der Waals surface area contributed by atoms with E-state index in [1.807, 2.05) is 12.1 Å². The van der Waals surface area contributed by atoms with Crippen LogP contribution in [0.25, 0.3) is 0 Å². The number of pyridine rings is 1. The van der Waals surface area contributed by atoms with Crippen molar-refractivity contribution in [3.8, 4) is 5.75 Å².